The second-order valence-electron chi connectivity index (χ2n) is 6.96. The number of allylic oxidation sites excluding steroid dienone is 1. The van der Waals surface area contributed by atoms with Crippen molar-refractivity contribution in [1.82, 2.24) is 10.3 Å². The van der Waals surface area contributed by atoms with Gasteiger partial charge in [-0.3, -0.25) is 4.79 Å². The van der Waals surface area contributed by atoms with Gasteiger partial charge in [0, 0.05) is 45.0 Å². The lowest BCUT2D eigenvalue weighted by molar-refractivity contribution is -0.137. The number of rotatable bonds is 8. The Bertz CT molecular complexity index is 1120. The molecule has 2 N–H and O–H groups in total. The SMILES string of the molecule is COC(=O)C1=C(CCc2nccs2)NC(CC(=O)O)=C(C(=O)OC)C1c1c(Cl)cccc1Cl. The summed E-state index contributed by atoms with van der Waals surface area (Å²) in [6.45, 7) is 0. The highest BCUT2D eigenvalue weighted by molar-refractivity contribution is 7.09. The second-order valence-corrected chi connectivity index (χ2v) is 8.75. The topological polar surface area (TPSA) is 115 Å². The number of hydrogen-bond donors (Lipinski definition) is 2. The van der Waals surface area contributed by atoms with Crippen LogP contribution >= 0.6 is 34.5 Å². The van der Waals surface area contributed by atoms with Crippen LogP contribution in [0, 0.1) is 0 Å². The van der Waals surface area contributed by atoms with Crippen LogP contribution in [0.3, 0.4) is 0 Å². The molecule has 0 spiro atoms. The van der Waals surface area contributed by atoms with Gasteiger partial charge in [-0.1, -0.05) is 29.3 Å². The summed E-state index contributed by atoms with van der Waals surface area (Å²) in [5, 5.41) is 15.5. The molecule has 0 saturated heterocycles. The molecule has 2 aromatic rings. The predicted molar refractivity (Wildman–Crippen MR) is 123 cm³/mol. The Kier molecular flexibility index (Phi) is 8.12. The molecule has 1 unspecified atom stereocenters. The van der Waals surface area contributed by atoms with Crippen LogP contribution in [0.5, 0.6) is 0 Å². The number of aryl methyl sites for hydroxylation is 1. The van der Waals surface area contributed by atoms with E-state index in [1.54, 1.807) is 24.4 Å². The molecule has 0 bridgehead atoms. The number of carboxylic acid groups (broad SMARTS) is 1. The number of carbonyl (C=O) groups excluding carboxylic acids is 2. The summed E-state index contributed by atoms with van der Waals surface area (Å²) < 4.78 is 9.99. The van der Waals surface area contributed by atoms with Crippen LogP contribution in [-0.2, 0) is 30.3 Å². The molecule has 1 aliphatic rings. The summed E-state index contributed by atoms with van der Waals surface area (Å²) >= 11 is 14.4. The molecule has 0 fully saturated rings. The molecule has 1 aromatic carbocycles. The molecule has 1 atom stereocenters. The first-order valence-corrected chi connectivity index (χ1v) is 11.4. The molecule has 174 valence electrons. The Hall–Kier alpha value is -2.88. The summed E-state index contributed by atoms with van der Waals surface area (Å²) in [4.78, 5) is 41.8. The average Bonchev–Trinajstić information content (AvgIpc) is 3.29. The minimum absolute atomic E-state index is 0.0756. The fourth-order valence-electron chi connectivity index (χ4n) is 3.68. The van der Waals surface area contributed by atoms with Crippen molar-refractivity contribution in [3.63, 3.8) is 0 Å². The molecule has 33 heavy (non-hydrogen) atoms. The van der Waals surface area contributed by atoms with Crippen molar-refractivity contribution < 1.29 is 29.0 Å². The molecule has 0 aliphatic carbocycles. The number of benzene rings is 1. The van der Waals surface area contributed by atoms with Crippen molar-refractivity contribution in [3.8, 4) is 0 Å². The molecule has 0 radical (unpaired) electrons. The van der Waals surface area contributed by atoms with Gasteiger partial charge in [0.05, 0.1) is 42.7 Å². The smallest absolute Gasteiger partial charge is 0.336 e. The highest BCUT2D eigenvalue weighted by Crippen LogP contribution is 2.45. The Morgan fingerprint density at radius 1 is 1.06 bits per heavy atom. The van der Waals surface area contributed by atoms with Gasteiger partial charge in [-0.25, -0.2) is 14.6 Å². The first-order chi connectivity index (χ1) is 15.8. The standard InChI is InChI=1S/C22H20Cl2N2O6S/c1-31-21(29)18-13(6-7-15-25-8-9-33-15)26-14(10-16(27)28)19(22(30)32-2)20(18)17-11(23)4-3-5-12(17)24/h3-5,8-9,20,26H,6-7,10H2,1-2H3,(H,27,28). The first-order valence-electron chi connectivity index (χ1n) is 9.72. The van der Waals surface area contributed by atoms with Gasteiger partial charge in [0.15, 0.2) is 0 Å². The number of ether oxygens (including phenoxy) is 2. The number of aromatic nitrogens is 1. The van der Waals surface area contributed by atoms with Gasteiger partial charge < -0.3 is 19.9 Å². The van der Waals surface area contributed by atoms with E-state index in [9.17, 15) is 19.5 Å². The lowest BCUT2D eigenvalue weighted by atomic mass is 9.79. The molecule has 0 amide bonds. The maximum absolute atomic E-state index is 13.0. The van der Waals surface area contributed by atoms with E-state index in [1.807, 2.05) is 5.38 Å². The van der Waals surface area contributed by atoms with Crippen molar-refractivity contribution in [2.75, 3.05) is 14.2 Å². The Morgan fingerprint density at radius 3 is 2.18 bits per heavy atom. The highest BCUT2D eigenvalue weighted by atomic mass is 35.5. The summed E-state index contributed by atoms with van der Waals surface area (Å²) in [6.07, 6.45) is 1.92. The number of hydrogen-bond acceptors (Lipinski definition) is 8. The summed E-state index contributed by atoms with van der Waals surface area (Å²) in [7, 11) is 2.38. The minimum atomic E-state index is -1.18. The van der Waals surface area contributed by atoms with Gasteiger partial charge in [-0.2, -0.15) is 0 Å². The maximum Gasteiger partial charge on any atom is 0.336 e. The van der Waals surface area contributed by atoms with Gasteiger partial charge in [-0.05, 0) is 18.6 Å². The number of nitrogens with zero attached hydrogens (tertiary/aromatic N) is 1. The van der Waals surface area contributed by atoms with Gasteiger partial charge >= 0.3 is 17.9 Å². The van der Waals surface area contributed by atoms with Gasteiger partial charge in [0.25, 0.3) is 0 Å². The number of carboxylic acids is 1. The zero-order chi connectivity index (χ0) is 24.1. The fourth-order valence-corrected chi connectivity index (χ4v) is 4.92. The molecule has 1 aliphatic heterocycles. The van der Waals surface area contributed by atoms with E-state index in [0.29, 0.717) is 18.5 Å². The summed E-state index contributed by atoms with van der Waals surface area (Å²) in [5.41, 5.74) is 0.767. The van der Waals surface area contributed by atoms with E-state index in [-0.39, 0.29) is 32.5 Å². The molecule has 2 heterocycles. The number of thiazole rings is 1. The summed E-state index contributed by atoms with van der Waals surface area (Å²) in [5.74, 6) is -3.81. The van der Waals surface area contributed by atoms with Crippen molar-refractivity contribution in [2.45, 2.75) is 25.2 Å². The monoisotopic (exact) mass is 510 g/mol. The lowest BCUT2D eigenvalue weighted by Crippen LogP contribution is -2.35. The molecular formula is C22H20Cl2N2O6S. The van der Waals surface area contributed by atoms with E-state index in [0.717, 1.165) is 5.01 Å². The number of aliphatic carboxylic acids is 1. The number of methoxy groups -OCH3 is 2. The Labute approximate surface area is 203 Å². The predicted octanol–water partition coefficient (Wildman–Crippen LogP) is 4.10. The van der Waals surface area contributed by atoms with Crippen LogP contribution in [0.25, 0.3) is 0 Å². The molecule has 3 rings (SSSR count). The third-order valence-electron chi connectivity index (χ3n) is 5.03. The minimum Gasteiger partial charge on any atom is -0.481 e. The number of carbonyl (C=O) groups is 3. The van der Waals surface area contributed by atoms with Crippen molar-refractivity contribution in [2.24, 2.45) is 0 Å². The Morgan fingerprint density at radius 2 is 1.67 bits per heavy atom. The molecular weight excluding hydrogens is 491 g/mol. The van der Waals surface area contributed by atoms with Crippen LogP contribution in [0.4, 0.5) is 0 Å². The fraction of sp³-hybridized carbons (Fsp3) is 0.273. The second kappa shape index (κ2) is 10.8. The van der Waals surface area contributed by atoms with Crippen LogP contribution < -0.4 is 5.32 Å². The number of esters is 2. The van der Waals surface area contributed by atoms with Crippen LogP contribution in [0.1, 0.15) is 29.3 Å². The zero-order valence-corrected chi connectivity index (χ0v) is 20.0. The van der Waals surface area contributed by atoms with Gasteiger partial charge in [-0.15, -0.1) is 11.3 Å². The first kappa shape index (κ1) is 24.8. The lowest BCUT2D eigenvalue weighted by Gasteiger charge is -2.32. The molecule has 11 heteroatoms. The number of dihydropyridines is 1. The van der Waals surface area contributed by atoms with Crippen molar-refractivity contribution >= 4 is 52.4 Å². The highest BCUT2D eigenvalue weighted by Gasteiger charge is 2.41. The van der Waals surface area contributed by atoms with E-state index in [2.05, 4.69) is 10.3 Å². The normalized spacial score (nSPS) is 15.8. The summed E-state index contributed by atoms with van der Waals surface area (Å²) in [6, 6.07) is 4.77. The van der Waals surface area contributed by atoms with Crippen LogP contribution in [-0.4, -0.2) is 42.2 Å². The average molecular weight is 511 g/mol. The third-order valence-corrected chi connectivity index (χ3v) is 6.53. The van der Waals surface area contributed by atoms with Crippen molar-refractivity contribution in [1.29, 1.82) is 0 Å². The van der Waals surface area contributed by atoms with E-state index >= 15 is 0 Å². The van der Waals surface area contributed by atoms with Gasteiger partial charge in [0.2, 0.25) is 0 Å². The molecule has 8 nitrogen and oxygen atoms in total. The van der Waals surface area contributed by atoms with E-state index in [1.165, 1.54) is 25.6 Å². The maximum atomic E-state index is 13.0. The van der Waals surface area contributed by atoms with Crippen LogP contribution in [0.15, 0.2) is 52.3 Å². The van der Waals surface area contributed by atoms with Crippen LogP contribution in [0.2, 0.25) is 10.0 Å². The van der Waals surface area contributed by atoms with Gasteiger partial charge in [0.1, 0.15) is 0 Å². The largest absolute Gasteiger partial charge is 0.481 e. The van der Waals surface area contributed by atoms with Crippen molar-refractivity contribution in [3.05, 3.63) is 72.9 Å². The quantitative estimate of drug-likeness (QED) is 0.510. The Balaban J connectivity index is 2.28. The molecule has 1 aromatic heterocycles. The third kappa shape index (κ3) is 5.38. The zero-order valence-electron chi connectivity index (χ0n) is 17.7. The molecule has 0 saturated carbocycles. The number of nitrogens with one attached hydrogen (secondary N) is 1. The van der Waals surface area contributed by atoms with E-state index in [4.69, 9.17) is 32.7 Å². The number of halogens is 2. The van der Waals surface area contributed by atoms with E-state index < -0.39 is 30.2 Å².